The Balaban J connectivity index is 2.69. The van der Waals surface area contributed by atoms with E-state index < -0.39 is 29.8 Å². The molecule has 2 unspecified atom stereocenters. The molecule has 122 valence electrons. The van der Waals surface area contributed by atoms with Crippen LogP contribution in [0.3, 0.4) is 0 Å². The minimum Gasteiger partial charge on any atom is -0.480 e. The molecule has 0 fully saturated rings. The van der Waals surface area contributed by atoms with Gasteiger partial charge in [-0.25, -0.2) is 4.79 Å². The maximum absolute atomic E-state index is 11.9. The molecule has 3 N–H and O–H groups in total. The third-order valence-corrected chi connectivity index (χ3v) is 3.14. The zero-order valence-electron chi connectivity index (χ0n) is 12.5. The zero-order chi connectivity index (χ0) is 17.4. The number of aliphatic hydroxyl groups excluding tert-OH is 1. The standard InChI is InChI=1S/C15H17N3O5/c1-9-2-4-10(5-3-9)13(20)14(21)18-12(15(22)23)7-6-11(19)8-17-16/h2-5,8,12-13,20H,6-7H2,1H3,(H,18,21)(H,22,23). The summed E-state index contributed by atoms with van der Waals surface area (Å²) in [5, 5.41) is 21.2. The lowest BCUT2D eigenvalue weighted by Crippen LogP contribution is -2.43. The topological polar surface area (TPSA) is 140 Å². The fourth-order valence-electron chi connectivity index (χ4n) is 1.82. The summed E-state index contributed by atoms with van der Waals surface area (Å²) < 4.78 is 0. The number of hydrogen-bond acceptors (Lipinski definition) is 4. The minimum absolute atomic E-state index is 0.188. The number of aliphatic hydroxyl groups is 1. The van der Waals surface area contributed by atoms with E-state index in [-0.39, 0.29) is 12.8 Å². The number of carbonyl (C=O) groups is 3. The number of Topliss-reactive ketones (excluding diaryl/α,β-unsaturated/α-hetero) is 1. The van der Waals surface area contributed by atoms with E-state index in [1.54, 1.807) is 24.3 Å². The van der Waals surface area contributed by atoms with Crippen LogP contribution in [0.5, 0.6) is 0 Å². The van der Waals surface area contributed by atoms with Gasteiger partial charge in [0.25, 0.3) is 5.91 Å². The van der Waals surface area contributed by atoms with Crippen LogP contribution in [0.2, 0.25) is 0 Å². The molecule has 0 spiro atoms. The first-order valence-corrected chi connectivity index (χ1v) is 6.83. The van der Waals surface area contributed by atoms with Crippen LogP contribution in [0.15, 0.2) is 24.3 Å². The van der Waals surface area contributed by atoms with Crippen molar-refractivity contribution in [2.75, 3.05) is 0 Å². The summed E-state index contributed by atoms with van der Waals surface area (Å²) in [7, 11) is 0. The first-order chi connectivity index (χ1) is 10.8. The molecule has 1 aromatic rings. The van der Waals surface area contributed by atoms with Gasteiger partial charge in [0, 0.05) is 6.42 Å². The van der Waals surface area contributed by atoms with Crippen molar-refractivity contribution in [1.82, 2.24) is 5.32 Å². The molecule has 0 saturated carbocycles. The fourth-order valence-corrected chi connectivity index (χ4v) is 1.82. The molecule has 0 aliphatic rings. The van der Waals surface area contributed by atoms with Crippen LogP contribution < -0.4 is 5.32 Å². The SMILES string of the molecule is Cc1ccc(C(O)C(=O)NC(CCC(=O)C=[N+]=[N-])C(=O)O)cc1. The van der Waals surface area contributed by atoms with Crippen LogP contribution in [-0.2, 0) is 14.4 Å². The first kappa shape index (κ1) is 18.2. The van der Waals surface area contributed by atoms with Crippen LogP contribution in [0.25, 0.3) is 5.53 Å². The molecule has 8 heteroatoms. The van der Waals surface area contributed by atoms with E-state index in [9.17, 15) is 19.5 Å². The normalized spacial score (nSPS) is 12.6. The summed E-state index contributed by atoms with van der Waals surface area (Å²) in [6.07, 6.45) is -1.26. The van der Waals surface area contributed by atoms with E-state index in [4.69, 9.17) is 10.6 Å². The Bertz CT molecular complexity index is 635. The van der Waals surface area contributed by atoms with Gasteiger partial charge in [0.05, 0.1) is 0 Å². The van der Waals surface area contributed by atoms with Crippen LogP contribution in [0.1, 0.15) is 30.1 Å². The molecule has 1 rings (SSSR count). The van der Waals surface area contributed by atoms with Gasteiger partial charge in [0.1, 0.15) is 6.04 Å². The van der Waals surface area contributed by atoms with Gasteiger partial charge in [-0.2, -0.15) is 4.79 Å². The van der Waals surface area contributed by atoms with Gasteiger partial charge in [-0.3, -0.25) is 9.59 Å². The highest BCUT2D eigenvalue weighted by Crippen LogP contribution is 2.14. The van der Waals surface area contributed by atoms with Crippen molar-refractivity contribution in [1.29, 1.82) is 0 Å². The molecule has 0 saturated heterocycles. The number of hydrogen-bond donors (Lipinski definition) is 3. The average molecular weight is 319 g/mol. The minimum atomic E-state index is -1.51. The van der Waals surface area contributed by atoms with E-state index in [1.807, 2.05) is 6.92 Å². The molecule has 0 radical (unpaired) electrons. The number of nitrogens with zero attached hydrogens (tertiary/aromatic N) is 2. The highest BCUT2D eigenvalue weighted by molar-refractivity contribution is 6.25. The van der Waals surface area contributed by atoms with Gasteiger partial charge >= 0.3 is 12.2 Å². The average Bonchev–Trinajstić information content (AvgIpc) is 2.51. The Morgan fingerprint density at radius 2 is 1.91 bits per heavy atom. The number of aliphatic carboxylic acids is 1. The highest BCUT2D eigenvalue weighted by atomic mass is 16.4. The molecule has 0 heterocycles. The third kappa shape index (κ3) is 5.82. The van der Waals surface area contributed by atoms with Gasteiger partial charge < -0.3 is 21.1 Å². The quantitative estimate of drug-likeness (QED) is 0.358. The number of nitrogens with one attached hydrogen (secondary N) is 1. The second kappa shape index (κ2) is 8.57. The van der Waals surface area contributed by atoms with Crippen LogP contribution in [0, 0.1) is 6.92 Å². The fraction of sp³-hybridized carbons (Fsp3) is 0.333. The number of ketones is 1. The van der Waals surface area contributed by atoms with Crippen molar-refractivity contribution >= 4 is 23.9 Å². The molecular weight excluding hydrogens is 302 g/mol. The Labute approximate surface area is 132 Å². The van der Waals surface area contributed by atoms with Crippen molar-refractivity contribution in [3.63, 3.8) is 0 Å². The highest BCUT2D eigenvalue weighted by Gasteiger charge is 2.25. The zero-order valence-corrected chi connectivity index (χ0v) is 12.5. The molecule has 2 atom stereocenters. The Morgan fingerprint density at radius 3 is 2.43 bits per heavy atom. The van der Waals surface area contributed by atoms with Crippen molar-refractivity contribution in [2.24, 2.45) is 0 Å². The Hall–Kier alpha value is -2.83. The summed E-state index contributed by atoms with van der Waals surface area (Å²) in [5.74, 6) is -2.78. The lowest BCUT2D eigenvalue weighted by atomic mass is 10.1. The lowest BCUT2D eigenvalue weighted by molar-refractivity contribution is -0.143. The van der Waals surface area contributed by atoms with Gasteiger partial charge in [-0.1, -0.05) is 29.8 Å². The maximum Gasteiger partial charge on any atom is 0.326 e. The summed E-state index contributed by atoms with van der Waals surface area (Å²) in [4.78, 5) is 36.8. The Morgan fingerprint density at radius 1 is 1.30 bits per heavy atom. The van der Waals surface area contributed by atoms with Crippen molar-refractivity contribution in [2.45, 2.75) is 31.9 Å². The van der Waals surface area contributed by atoms with Crippen molar-refractivity contribution in [3.05, 3.63) is 40.9 Å². The van der Waals surface area contributed by atoms with E-state index in [2.05, 4.69) is 10.1 Å². The van der Waals surface area contributed by atoms with Gasteiger partial charge in [0.15, 0.2) is 6.10 Å². The van der Waals surface area contributed by atoms with E-state index in [1.165, 1.54) is 0 Å². The predicted molar refractivity (Wildman–Crippen MR) is 79.6 cm³/mol. The number of carboxylic acid groups (broad SMARTS) is 1. The van der Waals surface area contributed by atoms with Crippen LogP contribution in [0.4, 0.5) is 0 Å². The summed E-state index contributed by atoms with van der Waals surface area (Å²) in [6, 6.07) is 5.23. The molecule has 0 bridgehead atoms. The molecule has 1 aromatic carbocycles. The van der Waals surface area contributed by atoms with Crippen molar-refractivity contribution in [3.8, 4) is 0 Å². The monoisotopic (exact) mass is 319 g/mol. The molecule has 0 aliphatic carbocycles. The molecule has 0 aromatic heterocycles. The number of carboxylic acids is 1. The van der Waals surface area contributed by atoms with E-state index in [0.717, 1.165) is 5.56 Å². The molecule has 0 aliphatic heterocycles. The molecule has 1 amide bonds. The number of amides is 1. The van der Waals surface area contributed by atoms with Gasteiger partial charge in [0.2, 0.25) is 5.78 Å². The third-order valence-electron chi connectivity index (χ3n) is 3.14. The number of carbonyl (C=O) groups excluding carboxylic acids is 2. The number of aryl methyl sites for hydroxylation is 1. The first-order valence-electron chi connectivity index (χ1n) is 6.83. The molecule has 23 heavy (non-hydrogen) atoms. The van der Waals surface area contributed by atoms with Gasteiger partial charge in [-0.15, -0.1) is 0 Å². The maximum atomic E-state index is 11.9. The van der Waals surface area contributed by atoms with Crippen molar-refractivity contribution < 1.29 is 29.4 Å². The van der Waals surface area contributed by atoms with Crippen LogP contribution in [-0.4, -0.2) is 44.9 Å². The summed E-state index contributed by atoms with van der Waals surface area (Å²) in [6.45, 7) is 1.85. The number of rotatable bonds is 8. The van der Waals surface area contributed by atoms with E-state index in [0.29, 0.717) is 11.8 Å². The molecular formula is C15H17N3O5. The molecule has 8 nitrogen and oxygen atoms in total. The smallest absolute Gasteiger partial charge is 0.326 e. The number of benzene rings is 1. The second-order valence-electron chi connectivity index (χ2n) is 4.96. The predicted octanol–water partition coefficient (Wildman–Crippen LogP) is 0.248. The lowest BCUT2D eigenvalue weighted by Gasteiger charge is -2.17. The summed E-state index contributed by atoms with van der Waals surface area (Å²) in [5.41, 5.74) is 9.49. The summed E-state index contributed by atoms with van der Waals surface area (Å²) >= 11 is 0. The van der Waals surface area contributed by atoms with E-state index >= 15 is 0 Å². The van der Waals surface area contributed by atoms with Gasteiger partial charge in [-0.05, 0) is 18.9 Å². The second-order valence-corrected chi connectivity index (χ2v) is 4.96. The largest absolute Gasteiger partial charge is 0.480 e. The Kier molecular flexibility index (Phi) is 6.79. The van der Waals surface area contributed by atoms with Crippen LogP contribution >= 0.6 is 0 Å².